The average Bonchev–Trinajstić information content (AvgIpc) is 3.34. The number of hydrogen-bond donors (Lipinski definition) is 1. The number of nitrogens with zero attached hydrogens (tertiary/aromatic N) is 4. The molecule has 0 unspecified atom stereocenters. The van der Waals surface area contributed by atoms with E-state index in [9.17, 15) is 14.3 Å². The van der Waals surface area contributed by atoms with Crippen molar-refractivity contribution in [3.05, 3.63) is 81.6 Å². The lowest BCUT2D eigenvalue weighted by Gasteiger charge is -2.33. The van der Waals surface area contributed by atoms with Crippen molar-refractivity contribution in [2.75, 3.05) is 25.1 Å². The second-order valence-electron chi connectivity index (χ2n) is 9.29. The number of aliphatic hydroxyl groups excluding tert-OH is 1. The predicted molar refractivity (Wildman–Crippen MR) is 143 cm³/mol. The summed E-state index contributed by atoms with van der Waals surface area (Å²) in [5, 5.41) is 13.5. The summed E-state index contributed by atoms with van der Waals surface area (Å²) in [6.07, 6.45) is 0.933. The number of anilines is 1. The average molecular weight is 521 g/mol. The number of rotatable bonds is 7. The Morgan fingerprint density at radius 3 is 2.57 bits per heavy atom. The van der Waals surface area contributed by atoms with Gasteiger partial charge in [0.05, 0.1) is 30.3 Å². The Balaban J connectivity index is 1.54. The molecule has 37 heavy (non-hydrogen) atoms. The van der Waals surface area contributed by atoms with Crippen molar-refractivity contribution in [3.8, 4) is 5.75 Å². The van der Waals surface area contributed by atoms with Gasteiger partial charge in [-0.15, -0.1) is 11.3 Å². The largest absolute Gasteiger partial charge is 0.497 e. The van der Waals surface area contributed by atoms with Crippen LogP contribution in [-0.2, 0) is 13.1 Å². The molecular formula is C28H29FN4O3S. The third-order valence-corrected chi connectivity index (χ3v) is 7.39. The first kappa shape index (κ1) is 25.1. The molecule has 9 heteroatoms. The highest BCUT2D eigenvalue weighted by Gasteiger charge is 2.25. The maximum atomic E-state index is 14.0. The number of halogens is 1. The normalized spacial score (nSPS) is 14.2. The van der Waals surface area contributed by atoms with Gasteiger partial charge in [0, 0.05) is 42.0 Å². The van der Waals surface area contributed by atoms with Crippen LogP contribution < -0.4 is 9.64 Å². The molecule has 7 nitrogen and oxygen atoms in total. The van der Waals surface area contributed by atoms with Crippen molar-refractivity contribution < 1.29 is 19.0 Å². The van der Waals surface area contributed by atoms with Gasteiger partial charge in [0.15, 0.2) is 0 Å². The Labute approximate surface area is 219 Å². The van der Waals surface area contributed by atoms with Crippen LogP contribution in [0.3, 0.4) is 0 Å². The summed E-state index contributed by atoms with van der Waals surface area (Å²) in [7, 11) is 1.62. The number of fused-ring (bicyclic) bond motifs is 1. The molecule has 0 bridgehead atoms. The second-order valence-corrected chi connectivity index (χ2v) is 10.3. The summed E-state index contributed by atoms with van der Waals surface area (Å²) in [5.74, 6) is 0.951. The van der Waals surface area contributed by atoms with Gasteiger partial charge in [0.25, 0.3) is 5.91 Å². The topological polar surface area (TPSA) is 78.8 Å². The first-order valence-corrected chi connectivity index (χ1v) is 13.1. The first-order valence-electron chi connectivity index (χ1n) is 12.3. The molecule has 192 valence electrons. The zero-order valence-electron chi connectivity index (χ0n) is 20.9. The molecule has 0 spiro atoms. The Kier molecular flexibility index (Phi) is 7.34. The molecule has 0 atom stereocenters. The van der Waals surface area contributed by atoms with Gasteiger partial charge < -0.3 is 19.6 Å². The van der Waals surface area contributed by atoms with E-state index in [4.69, 9.17) is 9.72 Å². The van der Waals surface area contributed by atoms with Crippen LogP contribution >= 0.6 is 11.3 Å². The minimum Gasteiger partial charge on any atom is -0.497 e. The molecule has 1 aliphatic rings. The molecule has 0 aliphatic carbocycles. The molecule has 1 aliphatic heterocycles. The maximum Gasteiger partial charge on any atom is 0.273 e. The number of aliphatic hydroxyl groups is 1. The van der Waals surface area contributed by atoms with Gasteiger partial charge in [-0.25, -0.2) is 14.4 Å². The number of hydrogen-bond acceptors (Lipinski definition) is 7. The summed E-state index contributed by atoms with van der Waals surface area (Å²) < 4.78 is 19.3. The highest BCUT2D eigenvalue weighted by Crippen LogP contribution is 2.29. The fraction of sp³-hybridized carbons (Fsp3) is 0.321. The van der Waals surface area contributed by atoms with E-state index in [1.54, 1.807) is 23.5 Å². The van der Waals surface area contributed by atoms with Crippen LogP contribution in [-0.4, -0.2) is 52.2 Å². The molecule has 5 rings (SSSR count). The molecule has 0 radical (unpaired) electrons. The number of aryl methyl sites for hydroxylation is 1. The van der Waals surface area contributed by atoms with Crippen LogP contribution in [0.5, 0.6) is 5.75 Å². The van der Waals surface area contributed by atoms with E-state index < -0.39 is 0 Å². The lowest BCUT2D eigenvalue weighted by molar-refractivity contribution is 0.0725. The third-order valence-electron chi connectivity index (χ3n) is 6.62. The maximum absolute atomic E-state index is 14.0. The molecule has 1 N–H and O–H groups in total. The monoisotopic (exact) mass is 520 g/mol. The predicted octanol–water partition coefficient (Wildman–Crippen LogP) is 4.95. The quantitative estimate of drug-likeness (QED) is 0.372. The Morgan fingerprint density at radius 1 is 1.14 bits per heavy atom. The molecule has 1 fully saturated rings. The summed E-state index contributed by atoms with van der Waals surface area (Å²) in [4.78, 5) is 26.8. The highest BCUT2D eigenvalue weighted by atomic mass is 32.1. The number of carbonyl (C=O) groups is 1. The molecule has 1 amide bonds. The number of aromatic nitrogens is 2. The van der Waals surface area contributed by atoms with Crippen LogP contribution in [0, 0.1) is 12.7 Å². The minimum absolute atomic E-state index is 0.167. The standard InChI is InChI=1S/C28H29FN4O3S/c1-18-30-26(17-37-18)28(35)33(15-19-3-7-24(36-2)8-4-19)16-21-13-20-5-6-22(29)14-25(20)31-27(21)32-11-9-23(34)10-12-32/h3-8,13-14,17,23,34H,9-12,15-16H2,1-2H3. The van der Waals surface area contributed by atoms with Gasteiger partial charge >= 0.3 is 0 Å². The minimum atomic E-state index is -0.344. The molecule has 4 aromatic rings. The zero-order valence-corrected chi connectivity index (χ0v) is 21.7. The lowest BCUT2D eigenvalue weighted by atomic mass is 10.1. The van der Waals surface area contributed by atoms with E-state index >= 15 is 0 Å². The molecule has 0 saturated carbocycles. The molecule has 2 aromatic carbocycles. The fourth-order valence-corrected chi connectivity index (χ4v) is 5.21. The van der Waals surface area contributed by atoms with Crippen LogP contribution in [0.2, 0.25) is 0 Å². The smallest absolute Gasteiger partial charge is 0.273 e. The molecule has 1 saturated heterocycles. The van der Waals surface area contributed by atoms with Crippen LogP contribution in [0.4, 0.5) is 10.2 Å². The van der Waals surface area contributed by atoms with Crippen LogP contribution in [0.1, 0.15) is 39.5 Å². The fourth-order valence-electron chi connectivity index (χ4n) is 4.62. The van der Waals surface area contributed by atoms with Crippen molar-refractivity contribution in [1.29, 1.82) is 0 Å². The number of benzene rings is 2. The first-order chi connectivity index (χ1) is 17.9. The Bertz CT molecular complexity index is 1400. The second kappa shape index (κ2) is 10.8. The van der Waals surface area contributed by atoms with E-state index in [-0.39, 0.29) is 17.8 Å². The van der Waals surface area contributed by atoms with E-state index in [2.05, 4.69) is 9.88 Å². The molecular weight excluding hydrogens is 491 g/mol. The van der Waals surface area contributed by atoms with Gasteiger partial charge in [-0.1, -0.05) is 12.1 Å². The van der Waals surface area contributed by atoms with E-state index in [0.717, 1.165) is 27.3 Å². The number of pyridine rings is 1. The Hall–Kier alpha value is -3.56. The summed E-state index contributed by atoms with van der Waals surface area (Å²) in [5.41, 5.74) is 2.80. The van der Waals surface area contributed by atoms with Crippen LogP contribution in [0.15, 0.2) is 53.9 Å². The number of carbonyl (C=O) groups excluding carboxylic acids is 1. The van der Waals surface area contributed by atoms with Gasteiger partial charge in [-0.3, -0.25) is 4.79 Å². The van der Waals surface area contributed by atoms with Gasteiger partial charge in [-0.05, 0) is 55.7 Å². The van der Waals surface area contributed by atoms with E-state index in [1.807, 2.05) is 37.3 Å². The molecule has 2 aromatic heterocycles. The summed E-state index contributed by atoms with van der Waals surface area (Å²) in [6, 6.07) is 14.2. The van der Waals surface area contributed by atoms with Crippen molar-refractivity contribution in [3.63, 3.8) is 0 Å². The van der Waals surface area contributed by atoms with Crippen molar-refractivity contribution >= 4 is 34.0 Å². The van der Waals surface area contributed by atoms with Gasteiger partial charge in [0.1, 0.15) is 23.1 Å². The van der Waals surface area contributed by atoms with Gasteiger partial charge in [0.2, 0.25) is 0 Å². The number of thiazole rings is 1. The van der Waals surface area contributed by atoms with Crippen LogP contribution in [0.25, 0.3) is 10.9 Å². The summed E-state index contributed by atoms with van der Waals surface area (Å²) >= 11 is 1.44. The Morgan fingerprint density at radius 2 is 1.89 bits per heavy atom. The summed E-state index contributed by atoms with van der Waals surface area (Å²) in [6.45, 7) is 3.83. The lowest BCUT2D eigenvalue weighted by Crippen LogP contribution is -2.38. The number of amides is 1. The van der Waals surface area contributed by atoms with E-state index in [1.165, 1.54) is 23.5 Å². The number of ether oxygens (including phenoxy) is 1. The van der Waals surface area contributed by atoms with Crippen molar-refractivity contribution in [2.45, 2.75) is 39.0 Å². The molecule has 3 heterocycles. The highest BCUT2D eigenvalue weighted by molar-refractivity contribution is 7.09. The SMILES string of the molecule is COc1ccc(CN(Cc2cc3ccc(F)cc3nc2N2CCC(O)CC2)C(=O)c2csc(C)n2)cc1. The van der Waals surface area contributed by atoms with E-state index in [0.29, 0.717) is 56.0 Å². The van der Waals surface area contributed by atoms with Crippen molar-refractivity contribution in [1.82, 2.24) is 14.9 Å². The van der Waals surface area contributed by atoms with Gasteiger partial charge in [-0.2, -0.15) is 0 Å². The third kappa shape index (κ3) is 5.73. The van der Waals surface area contributed by atoms with Crippen molar-refractivity contribution in [2.24, 2.45) is 0 Å². The number of piperidine rings is 1. The number of methoxy groups -OCH3 is 1. The zero-order chi connectivity index (χ0) is 25.9.